The lowest BCUT2D eigenvalue weighted by Gasteiger charge is -2.24. The normalized spacial score (nSPS) is 17.4. The molecule has 0 unspecified atom stereocenters. The van der Waals surface area contributed by atoms with E-state index in [9.17, 15) is 14.7 Å². The second kappa shape index (κ2) is 15.2. The molecule has 0 bridgehead atoms. The molecule has 0 saturated carbocycles. The summed E-state index contributed by atoms with van der Waals surface area (Å²) in [5, 5.41) is 12.3. The van der Waals surface area contributed by atoms with Crippen LogP contribution in [0, 0.1) is 36.5 Å². The van der Waals surface area contributed by atoms with E-state index in [0.29, 0.717) is 29.7 Å². The molecule has 1 aliphatic rings. The van der Waals surface area contributed by atoms with Gasteiger partial charge in [-0.05, 0) is 91.0 Å². The van der Waals surface area contributed by atoms with Gasteiger partial charge >= 0.3 is 11.9 Å². The number of cyclic esters (lactones) is 1. The first-order chi connectivity index (χ1) is 21.0. The van der Waals surface area contributed by atoms with E-state index >= 15 is 0 Å². The first-order valence-corrected chi connectivity index (χ1v) is 15.8. The fourth-order valence-corrected chi connectivity index (χ4v) is 5.86. The van der Waals surface area contributed by atoms with Crippen LogP contribution < -0.4 is 0 Å². The molecule has 3 aromatic carbocycles. The largest absolute Gasteiger partial charge is 0.461 e. The maximum atomic E-state index is 12.7. The number of benzene rings is 3. The summed E-state index contributed by atoms with van der Waals surface area (Å²) in [7, 11) is 0. The van der Waals surface area contributed by atoms with Crippen molar-refractivity contribution in [3.05, 3.63) is 94.6 Å². The van der Waals surface area contributed by atoms with Gasteiger partial charge in [0.15, 0.2) is 5.60 Å². The zero-order valence-corrected chi connectivity index (χ0v) is 26.8. The molecule has 4 rings (SSSR count). The number of rotatable bonds is 12. The molecule has 232 valence electrons. The molecule has 1 atom stereocenters. The topological polar surface area (TPSA) is 72.8 Å². The lowest BCUT2D eigenvalue weighted by molar-refractivity contribution is -0.166. The number of esters is 2. The highest BCUT2D eigenvalue weighted by molar-refractivity contribution is 5.91. The van der Waals surface area contributed by atoms with Gasteiger partial charge in [-0.3, -0.25) is 4.79 Å². The highest BCUT2D eigenvalue weighted by Gasteiger charge is 2.44. The van der Waals surface area contributed by atoms with Crippen LogP contribution in [-0.2, 0) is 25.5 Å². The third-order valence-corrected chi connectivity index (χ3v) is 8.10. The van der Waals surface area contributed by atoms with Crippen molar-refractivity contribution >= 4 is 22.7 Å². The van der Waals surface area contributed by atoms with E-state index in [1.165, 1.54) is 5.56 Å². The second-order valence-corrected chi connectivity index (χ2v) is 13.2. The van der Waals surface area contributed by atoms with Gasteiger partial charge in [0.05, 0.1) is 6.61 Å². The van der Waals surface area contributed by atoms with Crippen molar-refractivity contribution in [2.75, 3.05) is 13.2 Å². The molecule has 1 saturated heterocycles. The summed E-state index contributed by atoms with van der Waals surface area (Å²) >= 11 is 0. The third-order valence-electron chi connectivity index (χ3n) is 8.10. The van der Waals surface area contributed by atoms with Gasteiger partial charge in [-0.15, -0.1) is 0 Å². The monoisotopic (exact) mass is 594 g/mol. The van der Waals surface area contributed by atoms with Crippen LogP contribution >= 0.6 is 0 Å². The quantitative estimate of drug-likeness (QED) is 0.132. The standard InChI is InChI=1S/C39H46O5/c1-27(2)20-33(21-28(3)4)14-18-36-24-39(25-40,44-38(36)42)26-43-37(41)19-15-32-13-17-34-22-31(12-16-35(34)23-32)11-10-30-8-6-29(5)7-9-30/h6-9,12-13,16-18,22-23,27-28,33,40H,14-15,19-21,24-26H2,1-5H3/b36-18+/t39-/m1/s1. The van der Waals surface area contributed by atoms with Crippen LogP contribution in [0.5, 0.6) is 0 Å². The van der Waals surface area contributed by atoms with Crippen molar-refractivity contribution in [2.24, 2.45) is 17.8 Å². The summed E-state index contributed by atoms with van der Waals surface area (Å²) in [4.78, 5) is 25.3. The number of carbonyl (C=O) groups excluding carboxylic acids is 2. The summed E-state index contributed by atoms with van der Waals surface area (Å²) < 4.78 is 11.1. The van der Waals surface area contributed by atoms with E-state index in [4.69, 9.17) is 9.47 Å². The summed E-state index contributed by atoms with van der Waals surface area (Å²) in [6.07, 6.45) is 5.92. The van der Waals surface area contributed by atoms with Gasteiger partial charge in [-0.25, -0.2) is 4.79 Å². The van der Waals surface area contributed by atoms with Crippen molar-refractivity contribution in [1.82, 2.24) is 0 Å². The molecule has 5 nitrogen and oxygen atoms in total. The van der Waals surface area contributed by atoms with Gasteiger partial charge in [-0.2, -0.15) is 0 Å². The van der Waals surface area contributed by atoms with E-state index in [2.05, 4.69) is 76.8 Å². The number of carbonyl (C=O) groups is 2. The number of fused-ring (bicyclic) bond motifs is 1. The summed E-state index contributed by atoms with van der Waals surface area (Å²) in [5.41, 5.74) is 3.52. The summed E-state index contributed by atoms with van der Waals surface area (Å²) in [6.45, 7) is 10.4. The van der Waals surface area contributed by atoms with Crippen molar-refractivity contribution in [1.29, 1.82) is 0 Å². The highest BCUT2D eigenvalue weighted by Crippen LogP contribution is 2.33. The molecule has 5 heteroatoms. The van der Waals surface area contributed by atoms with Gasteiger partial charge in [-0.1, -0.05) is 87.6 Å². The fraction of sp³-hybridized carbons (Fsp3) is 0.436. The van der Waals surface area contributed by atoms with E-state index in [-0.39, 0.29) is 25.4 Å². The van der Waals surface area contributed by atoms with Crippen LogP contribution in [0.15, 0.2) is 72.3 Å². The Morgan fingerprint density at radius 3 is 2.27 bits per heavy atom. The molecule has 1 aliphatic heterocycles. The Morgan fingerprint density at radius 1 is 0.955 bits per heavy atom. The number of allylic oxidation sites excluding steroid dienone is 1. The number of aliphatic hydroxyl groups excluding tert-OH is 1. The first-order valence-electron chi connectivity index (χ1n) is 15.8. The Bertz CT molecular complexity index is 1530. The average Bonchev–Trinajstić information content (AvgIpc) is 3.32. The van der Waals surface area contributed by atoms with Crippen LogP contribution in [0.3, 0.4) is 0 Å². The third kappa shape index (κ3) is 9.56. The van der Waals surface area contributed by atoms with Gasteiger partial charge < -0.3 is 14.6 Å². The Morgan fingerprint density at radius 2 is 1.59 bits per heavy atom. The number of hydrogen-bond acceptors (Lipinski definition) is 5. The molecular weight excluding hydrogens is 548 g/mol. The molecule has 0 spiro atoms. The van der Waals surface area contributed by atoms with Gasteiger partial charge in [0.2, 0.25) is 0 Å². The smallest absolute Gasteiger partial charge is 0.334 e. The van der Waals surface area contributed by atoms with Crippen molar-refractivity contribution in [2.45, 2.75) is 78.7 Å². The van der Waals surface area contributed by atoms with Crippen LogP contribution in [0.2, 0.25) is 0 Å². The molecule has 1 N–H and O–H groups in total. The van der Waals surface area contributed by atoms with Crippen LogP contribution in [0.25, 0.3) is 10.8 Å². The molecule has 1 heterocycles. The van der Waals surface area contributed by atoms with Crippen LogP contribution in [-0.4, -0.2) is 35.9 Å². The number of ether oxygens (including phenoxy) is 2. The zero-order valence-electron chi connectivity index (χ0n) is 26.8. The second-order valence-electron chi connectivity index (χ2n) is 13.2. The zero-order chi connectivity index (χ0) is 31.7. The molecule has 0 radical (unpaired) electrons. The molecule has 1 fully saturated rings. The van der Waals surface area contributed by atoms with Gasteiger partial charge in [0.25, 0.3) is 0 Å². The van der Waals surface area contributed by atoms with E-state index in [0.717, 1.165) is 46.7 Å². The van der Waals surface area contributed by atoms with Gasteiger partial charge in [0.1, 0.15) is 6.61 Å². The molecule has 44 heavy (non-hydrogen) atoms. The minimum absolute atomic E-state index is 0.156. The van der Waals surface area contributed by atoms with E-state index < -0.39 is 18.2 Å². The first kappa shape index (κ1) is 33.0. The lowest BCUT2D eigenvalue weighted by Crippen LogP contribution is -2.39. The van der Waals surface area contributed by atoms with Crippen LogP contribution in [0.1, 0.15) is 82.1 Å². The number of hydrogen-bond donors (Lipinski definition) is 1. The van der Waals surface area contributed by atoms with E-state index in [1.54, 1.807) is 0 Å². The highest BCUT2D eigenvalue weighted by atomic mass is 16.6. The van der Waals surface area contributed by atoms with Crippen LogP contribution in [0.4, 0.5) is 0 Å². The number of aliphatic hydroxyl groups is 1. The number of aryl methyl sites for hydroxylation is 2. The van der Waals surface area contributed by atoms with Gasteiger partial charge in [0, 0.05) is 29.5 Å². The predicted octanol–water partition coefficient (Wildman–Crippen LogP) is 7.73. The Hall–Kier alpha value is -3.88. The van der Waals surface area contributed by atoms with Crippen molar-refractivity contribution in [3.63, 3.8) is 0 Å². The molecule has 0 amide bonds. The minimum atomic E-state index is -1.22. The van der Waals surface area contributed by atoms with E-state index in [1.807, 2.05) is 36.4 Å². The maximum absolute atomic E-state index is 12.7. The summed E-state index contributed by atoms with van der Waals surface area (Å²) in [5.74, 6) is 7.30. The molecule has 0 aromatic heterocycles. The maximum Gasteiger partial charge on any atom is 0.334 e. The Labute approximate surface area is 262 Å². The molecule has 3 aromatic rings. The predicted molar refractivity (Wildman–Crippen MR) is 176 cm³/mol. The summed E-state index contributed by atoms with van der Waals surface area (Å²) in [6, 6.07) is 20.4. The minimum Gasteiger partial charge on any atom is -0.461 e. The van der Waals surface area contributed by atoms with Crippen molar-refractivity contribution in [3.8, 4) is 11.8 Å². The molecular formula is C39H46O5. The Kier molecular flexibility index (Phi) is 11.4. The molecule has 0 aliphatic carbocycles. The average molecular weight is 595 g/mol. The lowest BCUT2D eigenvalue weighted by atomic mass is 9.86. The van der Waals surface area contributed by atoms with Crippen molar-refractivity contribution < 1.29 is 24.2 Å². The fourth-order valence-electron chi connectivity index (χ4n) is 5.86. The Balaban J connectivity index is 1.30. The SMILES string of the molecule is Cc1ccc(C#Cc2ccc3cc(CCC(=O)OC[C@]4(CO)C/C(=C\CC(CC(C)C)CC(C)C)C(=O)O4)ccc3c2)cc1.